The average molecular weight is 405 g/mol. The molecule has 2 aromatic carbocycles. The van der Waals surface area contributed by atoms with Crippen molar-refractivity contribution in [1.82, 2.24) is 5.32 Å². The Morgan fingerprint density at radius 2 is 2.08 bits per heavy atom. The van der Waals surface area contributed by atoms with Crippen molar-refractivity contribution in [3.8, 4) is 11.1 Å². The SMILES string of the molecule is Cc1c(-c2ccc(Cl)cc2Cl)cc2c3c1SCCCN3[C@H]1CCNC[C@@H]21. The van der Waals surface area contributed by atoms with Gasteiger partial charge in [-0.3, -0.25) is 0 Å². The van der Waals surface area contributed by atoms with E-state index in [0.29, 0.717) is 17.0 Å². The van der Waals surface area contributed by atoms with Crippen LogP contribution in [0.15, 0.2) is 29.2 Å². The minimum Gasteiger partial charge on any atom is -0.367 e. The lowest BCUT2D eigenvalue weighted by Crippen LogP contribution is -2.44. The lowest BCUT2D eigenvalue weighted by atomic mass is 9.87. The number of halogens is 2. The van der Waals surface area contributed by atoms with E-state index in [0.717, 1.165) is 23.7 Å². The molecule has 0 aliphatic carbocycles. The van der Waals surface area contributed by atoms with Crippen LogP contribution in [0.3, 0.4) is 0 Å². The fourth-order valence-electron chi connectivity index (χ4n) is 4.89. The van der Waals surface area contributed by atoms with Crippen molar-refractivity contribution in [1.29, 1.82) is 0 Å². The summed E-state index contributed by atoms with van der Waals surface area (Å²) in [6.45, 7) is 5.65. The predicted molar refractivity (Wildman–Crippen MR) is 113 cm³/mol. The van der Waals surface area contributed by atoms with E-state index in [1.807, 2.05) is 23.9 Å². The van der Waals surface area contributed by atoms with Crippen molar-refractivity contribution in [2.75, 3.05) is 30.3 Å². The van der Waals surface area contributed by atoms with Crippen LogP contribution in [0.5, 0.6) is 0 Å². The maximum atomic E-state index is 6.58. The van der Waals surface area contributed by atoms with Crippen molar-refractivity contribution >= 4 is 40.7 Å². The number of anilines is 1. The number of fused-ring (bicyclic) bond motifs is 3. The molecule has 2 aromatic rings. The van der Waals surface area contributed by atoms with E-state index in [1.54, 1.807) is 0 Å². The number of hydrogen-bond acceptors (Lipinski definition) is 3. The topological polar surface area (TPSA) is 15.3 Å². The van der Waals surface area contributed by atoms with Crippen LogP contribution in [0.1, 0.15) is 29.9 Å². The second kappa shape index (κ2) is 6.63. The summed E-state index contributed by atoms with van der Waals surface area (Å²) in [4.78, 5) is 4.19. The highest BCUT2D eigenvalue weighted by atomic mass is 35.5. The molecule has 0 unspecified atom stereocenters. The fourth-order valence-corrected chi connectivity index (χ4v) is 6.58. The van der Waals surface area contributed by atoms with Crippen LogP contribution in [-0.4, -0.2) is 31.4 Å². The first-order valence-corrected chi connectivity index (χ1v) is 11.1. The number of benzene rings is 2. The highest BCUT2D eigenvalue weighted by Crippen LogP contribution is 2.53. The van der Waals surface area contributed by atoms with Gasteiger partial charge in [-0.25, -0.2) is 0 Å². The molecule has 3 heterocycles. The van der Waals surface area contributed by atoms with Gasteiger partial charge in [-0.1, -0.05) is 29.3 Å². The molecule has 1 fully saturated rings. The minimum atomic E-state index is 0.585. The van der Waals surface area contributed by atoms with Crippen LogP contribution in [0, 0.1) is 6.92 Å². The largest absolute Gasteiger partial charge is 0.367 e. The molecule has 5 heteroatoms. The van der Waals surface area contributed by atoms with Crippen LogP contribution in [0.25, 0.3) is 11.1 Å². The van der Waals surface area contributed by atoms with Crippen molar-refractivity contribution in [3.05, 3.63) is 45.4 Å². The maximum absolute atomic E-state index is 6.58. The van der Waals surface area contributed by atoms with Crippen molar-refractivity contribution < 1.29 is 0 Å². The Labute approximate surface area is 169 Å². The minimum absolute atomic E-state index is 0.585. The molecule has 1 N–H and O–H groups in total. The fraction of sp³-hybridized carbons (Fsp3) is 0.429. The molecular weight excluding hydrogens is 383 g/mol. The Bertz CT molecular complexity index is 883. The number of piperidine rings is 1. The van der Waals surface area contributed by atoms with Crippen molar-refractivity contribution in [3.63, 3.8) is 0 Å². The van der Waals surface area contributed by atoms with Crippen LogP contribution in [0.4, 0.5) is 5.69 Å². The standard InChI is InChI=1S/C21H22Cl2N2S/c1-12-15(14-4-3-13(22)9-18(14)23)10-16-17-11-24-6-5-19(17)25-7-2-8-26-21(12)20(16)25/h3-4,9-10,17,19,24H,2,5-8,11H2,1H3/t17-,19-/m0/s1. The van der Waals surface area contributed by atoms with Crippen LogP contribution >= 0.6 is 35.0 Å². The van der Waals surface area contributed by atoms with Gasteiger partial charge in [0.1, 0.15) is 0 Å². The first kappa shape index (κ1) is 17.2. The Balaban J connectivity index is 1.74. The molecule has 0 radical (unpaired) electrons. The molecule has 0 bridgehead atoms. The molecule has 0 saturated carbocycles. The summed E-state index contributed by atoms with van der Waals surface area (Å²) in [7, 11) is 0. The molecule has 136 valence electrons. The van der Waals surface area contributed by atoms with E-state index in [2.05, 4.69) is 29.3 Å². The summed E-state index contributed by atoms with van der Waals surface area (Å²) in [6.07, 6.45) is 2.49. The summed E-state index contributed by atoms with van der Waals surface area (Å²) in [6, 6.07) is 8.93. The zero-order valence-electron chi connectivity index (χ0n) is 14.8. The molecule has 0 aromatic heterocycles. The summed E-state index contributed by atoms with van der Waals surface area (Å²) in [5.74, 6) is 1.78. The van der Waals surface area contributed by atoms with E-state index >= 15 is 0 Å². The zero-order chi connectivity index (χ0) is 17.8. The quantitative estimate of drug-likeness (QED) is 0.652. The van der Waals surface area contributed by atoms with Gasteiger partial charge in [-0.15, -0.1) is 11.8 Å². The predicted octanol–water partition coefficient (Wildman–Crippen LogP) is 5.73. The molecular formula is C21H22Cl2N2S. The summed E-state index contributed by atoms with van der Waals surface area (Å²) in [5, 5.41) is 5.04. The van der Waals surface area contributed by atoms with Gasteiger partial charge in [0, 0.05) is 45.6 Å². The first-order valence-electron chi connectivity index (χ1n) is 9.38. The van der Waals surface area contributed by atoms with Gasteiger partial charge < -0.3 is 10.2 Å². The monoisotopic (exact) mass is 404 g/mol. The average Bonchev–Trinajstić information content (AvgIpc) is 2.78. The third-order valence-corrected chi connectivity index (χ3v) is 7.91. The lowest BCUT2D eigenvalue weighted by Gasteiger charge is -2.33. The Hall–Kier alpha value is -0.870. The van der Waals surface area contributed by atoms with Crippen LogP contribution in [0.2, 0.25) is 10.0 Å². The van der Waals surface area contributed by atoms with Crippen LogP contribution < -0.4 is 10.2 Å². The number of hydrogen-bond donors (Lipinski definition) is 1. The van der Waals surface area contributed by atoms with Gasteiger partial charge in [0.25, 0.3) is 0 Å². The Kier molecular flexibility index (Phi) is 4.40. The van der Waals surface area contributed by atoms with Gasteiger partial charge >= 0.3 is 0 Å². The van der Waals surface area contributed by atoms with Crippen molar-refractivity contribution in [2.45, 2.75) is 36.6 Å². The molecule has 1 saturated heterocycles. The Morgan fingerprint density at radius 3 is 2.92 bits per heavy atom. The summed E-state index contributed by atoms with van der Waals surface area (Å²) < 4.78 is 0. The number of nitrogens with one attached hydrogen (secondary N) is 1. The van der Waals surface area contributed by atoms with Gasteiger partial charge in [0.2, 0.25) is 0 Å². The van der Waals surface area contributed by atoms with E-state index in [-0.39, 0.29) is 0 Å². The van der Waals surface area contributed by atoms with E-state index in [1.165, 1.54) is 52.4 Å². The first-order chi connectivity index (χ1) is 12.6. The second-order valence-electron chi connectivity index (χ2n) is 7.50. The second-order valence-corrected chi connectivity index (χ2v) is 9.45. The van der Waals surface area contributed by atoms with E-state index in [9.17, 15) is 0 Å². The molecule has 2 nitrogen and oxygen atoms in total. The van der Waals surface area contributed by atoms with E-state index < -0.39 is 0 Å². The molecule has 3 aliphatic heterocycles. The van der Waals surface area contributed by atoms with Gasteiger partial charge in [-0.05, 0) is 67.0 Å². The summed E-state index contributed by atoms with van der Waals surface area (Å²) >= 11 is 14.7. The Morgan fingerprint density at radius 1 is 1.19 bits per heavy atom. The van der Waals surface area contributed by atoms with Gasteiger partial charge in [-0.2, -0.15) is 0 Å². The van der Waals surface area contributed by atoms with Crippen LogP contribution in [-0.2, 0) is 0 Å². The molecule has 3 aliphatic rings. The molecule has 26 heavy (non-hydrogen) atoms. The number of rotatable bonds is 1. The number of nitrogens with zero attached hydrogens (tertiary/aromatic N) is 1. The van der Waals surface area contributed by atoms with Gasteiger partial charge in [0.15, 0.2) is 0 Å². The lowest BCUT2D eigenvalue weighted by molar-refractivity contribution is 0.403. The highest BCUT2D eigenvalue weighted by Gasteiger charge is 2.42. The third kappa shape index (κ3) is 2.59. The third-order valence-electron chi connectivity index (χ3n) is 6.08. The maximum Gasteiger partial charge on any atom is 0.0546 e. The molecule has 0 amide bonds. The van der Waals surface area contributed by atoms with Crippen molar-refractivity contribution in [2.24, 2.45) is 0 Å². The number of thioether (sulfide) groups is 1. The molecule has 0 spiro atoms. The van der Waals surface area contributed by atoms with Gasteiger partial charge in [0.05, 0.1) is 5.69 Å². The summed E-state index contributed by atoms with van der Waals surface area (Å²) in [5.41, 5.74) is 6.74. The van der Waals surface area contributed by atoms with E-state index in [4.69, 9.17) is 23.2 Å². The normalized spacial score (nSPS) is 24.2. The molecule has 2 atom stereocenters. The molecule has 5 rings (SSSR count). The zero-order valence-corrected chi connectivity index (χ0v) is 17.1. The highest BCUT2D eigenvalue weighted by molar-refractivity contribution is 7.99. The smallest absolute Gasteiger partial charge is 0.0546 e.